The fourth-order valence-electron chi connectivity index (χ4n) is 5.19. The van der Waals surface area contributed by atoms with Crippen molar-refractivity contribution in [3.05, 3.63) is 0 Å². The van der Waals surface area contributed by atoms with Crippen LogP contribution in [0.25, 0.3) is 0 Å². The predicted octanol–water partition coefficient (Wildman–Crippen LogP) is 6.38. The number of ether oxygens (including phenoxy) is 1. The van der Waals surface area contributed by atoms with E-state index in [9.17, 15) is 4.79 Å². The van der Waals surface area contributed by atoms with Crippen molar-refractivity contribution in [2.45, 2.75) is 104 Å². The average molecular weight is 337 g/mol. The first-order chi connectivity index (χ1) is 11.1. The highest BCUT2D eigenvalue weighted by atomic mass is 16.5. The molecule has 0 bridgehead atoms. The molecule has 0 aliphatic heterocycles. The van der Waals surface area contributed by atoms with E-state index in [0.717, 1.165) is 49.4 Å². The van der Waals surface area contributed by atoms with Gasteiger partial charge in [-0.05, 0) is 87.9 Å². The van der Waals surface area contributed by atoms with Crippen molar-refractivity contribution < 1.29 is 9.53 Å². The van der Waals surface area contributed by atoms with Crippen molar-refractivity contribution in [1.82, 2.24) is 0 Å². The summed E-state index contributed by atoms with van der Waals surface area (Å²) in [5.74, 6) is 3.92. The van der Waals surface area contributed by atoms with E-state index in [4.69, 9.17) is 4.74 Å². The molecular formula is C22H40O2. The van der Waals surface area contributed by atoms with E-state index in [1.807, 2.05) is 0 Å². The Morgan fingerprint density at radius 3 is 1.58 bits per heavy atom. The molecule has 0 aromatic carbocycles. The van der Waals surface area contributed by atoms with Gasteiger partial charge in [0.15, 0.2) is 0 Å². The smallest absolute Gasteiger partial charge is 0.309 e. The Morgan fingerprint density at radius 2 is 1.08 bits per heavy atom. The van der Waals surface area contributed by atoms with Crippen LogP contribution in [0.2, 0.25) is 0 Å². The van der Waals surface area contributed by atoms with E-state index >= 15 is 0 Å². The summed E-state index contributed by atoms with van der Waals surface area (Å²) in [4.78, 5) is 12.5. The number of esters is 1. The van der Waals surface area contributed by atoms with Gasteiger partial charge in [0.1, 0.15) is 6.10 Å². The van der Waals surface area contributed by atoms with Crippen LogP contribution in [0, 0.1) is 29.6 Å². The SMILES string of the molecule is C.CC1CCC(OC(=O)C2CCC(C3CCC(C)CC3)CC2)CC1. The maximum Gasteiger partial charge on any atom is 0.309 e. The Balaban J connectivity index is 0.00000208. The van der Waals surface area contributed by atoms with Crippen molar-refractivity contribution >= 4 is 5.97 Å². The number of carbonyl (C=O) groups excluding carboxylic acids is 1. The molecule has 24 heavy (non-hydrogen) atoms. The molecule has 3 aliphatic carbocycles. The van der Waals surface area contributed by atoms with Crippen molar-refractivity contribution in [3.8, 4) is 0 Å². The van der Waals surface area contributed by atoms with Gasteiger partial charge in [-0.1, -0.05) is 34.1 Å². The highest BCUT2D eigenvalue weighted by Gasteiger charge is 2.34. The second kappa shape index (κ2) is 9.25. The van der Waals surface area contributed by atoms with Gasteiger partial charge >= 0.3 is 5.97 Å². The van der Waals surface area contributed by atoms with Gasteiger partial charge in [-0.25, -0.2) is 0 Å². The van der Waals surface area contributed by atoms with Gasteiger partial charge in [-0.2, -0.15) is 0 Å². The van der Waals surface area contributed by atoms with Gasteiger partial charge in [-0.3, -0.25) is 4.79 Å². The highest BCUT2D eigenvalue weighted by Crippen LogP contribution is 2.41. The van der Waals surface area contributed by atoms with Gasteiger partial charge in [0.05, 0.1) is 5.92 Å². The molecule has 0 unspecified atom stereocenters. The van der Waals surface area contributed by atoms with Gasteiger partial charge in [-0.15, -0.1) is 0 Å². The van der Waals surface area contributed by atoms with Crippen molar-refractivity contribution in [2.75, 3.05) is 0 Å². The Hall–Kier alpha value is -0.530. The van der Waals surface area contributed by atoms with E-state index in [-0.39, 0.29) is 25.4 Å². The van der Waals surface area contributed by atoms with Gasteiger partial charge < -0.3 is 4.74 Å². The lowest BCUT2D eigenvalue weighted by atomic mass is 9.69. The molecule has 3 aliphatic rings. The second-order valence-electron chi connectivity index (χ2n) is 8.95. The first kappa shape index (κ1) is 19.8. The van der Waals surface area contributed by atoms with Crippen LogP contribution >= 0.6 is 0 Å². The summed E-state index contributed by atoms with van der Waals surface area (Å²) in [6, 6.07) is 0. The molecule has 140 valence electrons. The van der Waals surface area contributed by atoms with Gasteiger partial charge in [0.2, 0.25) is 0 Å². The number of carbonyl (C=O) groups is 1. The van der Waals surface area contributed by atoms with E-state index in [2.05, 4.69) is 13.8 Å². The Bertz CT molecular complexity index is 367. The van der Waals surface area contributed by atoms with E-state index < -0.39 is 0 Å². The first-order valence-corrected chi connectivity index (χ1v) is 10.3. The minimum absolute atomic E-state index is 0. The minimum Gasteiger partial charge on any atom is -0.462 e. The van der Waals surface area contributed by atoms with Crippen molar-refractivity contribution in [1.29, 1.82) is 0 Å². The molecule has 2 nitrogen and oxygen atoms in total. The number of rotatable bonds is 3. The topological polar surface area (TPSA) is 26.3 Å². The van der Waals surface area contributed by atoms with Crippen LogP contribution in [0.5, 0.6) is 0 Å². The largest absolute Gasteiger partial charge is 0.462 e. The molecule has 0 aromatic heterocycles. The lowest BCUT2D eigenvalue weighted by molar-refractivity contribution is -0.157. The number of hydrogen-bond donors (Lipinski definition) is 0. The highest BCUT2D eigenvalue weighted by molar-refractivity contribution is 5.72. The summed E-state index contributed by atoms with van der Waals surface area (Å²) in [7, 11) is 0. The third kappa shape index (κ3) is 5.23. The van der Waals surface area contributed by atoms with Crippen molar-refractivity contribution in [3.63, 3.8) is 0 Å². The lowest BCUT2D eigenvalue weighted by Gasteiger charge is -2.37. The zero-order chi connectivity index (χ0) is 16.2. The molecule has 0 heterocycles. The molecule has 0 atom stereocenters. The lowest BCUT2D eigenvalue weighted by Crippen LogP contribution is -2.31. The molecule has 0 spiro atoms. The molecule has 0 saturated heterocycles. The quantitative estimate of drug-likeness (QED) is 0.559. The average Bonchev–Trinajstić information content (AvgIpc) is 2.58. The van der Waals surface area contributed by atoms with Crippen LogP contribution in [-0.2, 0) is 9.53 Å². The molecule has 3 saturated carbocycles. The zero-order valence-corrected chi connectivity index (χ0v) is 15.3. The van der Waals surface area contributed by atoms with Crippen LogP contribution in [0.4, 0.5) is 0 Å². The summed E-state index contributed by atoms with van der Waals surface area (Å²) in [6.07, 6.45) is 15.2. The third-order valence-corrected chi connectivity index (χ3v) is 7.08. The van der Waals surface area contributed by atoms with Crippen molar-refractivity contribution in [2.24, 2.45) is 29.6 Å². The molecule has 0 N–H and O–H groups in total. The van der Waals surface area contributed by atoms with Gasteiger partial charge in [0, 0.05) is 0 Å². The molecular weight excluding hydrogens is 296 g/mol. The predicted molar refractivity (Wildman–Crippen MR) is 101 cm³/mol. The first-order valence-electron chi connectivity index (χ1n) is 10.3. The normalized spacial score (nSPS) is 40.4. The molecule has 2 heteroatoms. The summed E-state index contributed by atoms with van der Waals surface area (Å²) in [5, 5.41) is 0. The monoisotopic (exact) mass is 336 g/mol. The van der Waals surface area contributed by atoms with E-state index in [0.29, 0.717) is 0 Å². The van der Waals surface area contributed by atoms with Crippen LogP contribution in [-0.4, -0.2) is 12.1 Å². The summed E-state index contributed by atoms with van der Waals surface area (Å²) >= 11 is 0. The maximum atomic E-state index is 12.5. The maximum absolute atomic E-state index is 12.5. The third-order valence-electron chi connectivity index (χ3n) is 7.08. The molecule has 0 amide bonds. The van der Waals surface area contributed by atoms with Crippen LogP contribution < -0.4 is 0 Å². The van der Waals surface area contributed by atoms with Crippen LogP contribution in [0.3, 0.4) is 0 Å². The number of hydrogen-bond acceptors (Lipinski definition) is 2. The zero-order valence-electron chi connectivity index (χ0n) is 15.3. The Morgan fingerprint density at radius 1 is 0.667 bits per heavy atom. The Labute approximate surface area is 150 Å². The van der Waals surface area contributed by atoms with Gasteiger partial charge in [0.25, 0.3) is 0 Å². The fraction of sp³-hybridized carbons (Fsp3) is 0.955. The molecule has 3 rings (SSSR count). The summed E-state index contributed by atoms with van der Waals surface area (Å²) < 4.78 is 5.83. The van der Waals surface area contributed by atoms with E-state index in [1.54, 1.807) is 0 Å². The van der Waals surface area contributed by atoms with E-state index in [1.165, 1.54) is 51.4 Å². The second-order valence-corrected chi connectivity index (χ2v) is 8.95. The summed E-state index contributed by atoms with van der Waals surface area (Å²) in [5.41, 5.74) is 0. The van der Waals surface area contributed by atoms with Crippen LogP contribution in [0.15, 0.2) is 0 Å². The summed E-state index contributed by atoms with van der Waals surface area (Å²) in [6.45, 7) is 4.71. The molecule has 3 fully saturated rings. The fourth-order valence-corrected chi connectivity index (χ4v) is 5.19. The standard InChI is InChI=1S/C21H36O2.CH4/c1-15-3-7-17(8-4-15)18-9-11-19(12-10-18)21(22)23-20-13-5-16(2)6-14-20;/h15-20H,3-14H2,1-2H3;1H4. The van der Waals surface area contributed by atoms with Crippen LogP contribution in [0.1, 0.15) is 98.3 Å². The Kier molecular flexibility index (Phi) is 7.62. The molecule has 0 radical (unpaired) electrons. The minimum atomic E-state index is 0. The molecule has 0 aromatic rings.